The van der Waals surface area contributed by atoms with Crippen molar-refractivity contribution in [2.75, 3.05) is 25.8 Å². The van der Waals surface area contributed by atoms with Crippen LogP contribution in [0.25, 0.3) is 0 Å². The van der Waals surface area contributed by atoms with Crippen molar-refractivity contribution in [3.8, 4) is 5.75 Å². The Morgan fingerprint density at radius 2 is 2.00 bits per heavy atom. The number of rotatable bonds is 4. The van der Waals surface area contributed by atoms with Crippen molar-refractivity contribution in [1.82, 2.24) is 0 Å². The average Bonchev–Trinajstić information content (AvgIpc) is 2.59. The first-order valence-corrected chi connectivity index (χ1v) is 7.89. The van der Waals surface area contributed by atoms with E-state index in [1.165, 1.54) is 0 Å². The molecule has 0 atom stereocenters. The Bertz CT molecular complexity index is 743. The second kappa shape index (κ2) is 7.11. The molecule has 0 saturated heterocycles. The van der Waals surface area contributed by atoms with Crippen LogP contribution in [0.1, 0.15) is 21.5 Å². The van der Waals surface area contributed by atoms with E-state index in [1.54, 1.807) is 24.3 Å². The van der Waals surface area contributed by atoms with E-state index >= 15 is 0 Å². The van der Waals surface area contributed by atoms with E-state index in [0.717, 1.165) is 16.8 Å². The van der Waals surface area contributed by atoms with Crippen LogP contribution in [0.15, 0.2) is 36.4 Å². The Balaban J connectivity index is 1.71. The summed E-state index contributed by atoms with van der Waals surface area (Å²) in [6.07, 6.45) is 0. The number of hydrogen-bond acceptors (Lipinski definition) is 5. The Kier molecular flexibility index (Phi) is 4.92. The molecule has 5 nitrogen and oxygen atoms in total. The minimum absolute atomic E-state index is 0.0944. The summed E-state index contributed by atoms with van der Waals surface area (Å²) in [6.45, 7) is 0.710. The fourth-order valence-electron chi connectivity index (χ4n) is 2.49. The predicted octanol–water partition coefficient (Wildman–Crippen LogP) is 3.63. The van der Waals surface area contributed by atoms with Crippen molar-refractivity contribution in [1.29, 1.82) is 0 Å². The van der Waals surface area contributed by atoms with Crippen LogP contribution in [0.2, 0.25) is 5.02 Å². The van der Waals surface area contributed by atoms with E-state index in [0.29, 0.717) is 22.9 Å². The summed E-state index contributed by atoms with van der Waals surface area (Å²) in [5.74, 6) is 0.294. The zero-order valence-corrected chi connectivity index (χ0v) is 14.3. The highest BCUT2D eigenvalue weighted by molar-refractivity contribution is 6.30. The highest BCUT2D eigenvalue weighted by atomic mass is 35.5. The van der Waals surface area contributed by atoms with Gasteiger partial charge in [0.25, 0.3) is 0 Å². The molecule has 1 aliphatic heterocycles. The summed E-state index contributed by atoms with van der Waals surface area (Å²) in [7, 11) is 3.89. The van der Waals surface area contributed by atoms with Gasteiger partial charge in [-0.15, -0.1) is 0 Å². The topological polar surface area (TPSA) is 48.0 Å². The minimum Gasteiger partial charge on any atom is -0.467 e. The molecular weight excluding hydrogens is 330 g/mol. The smallest absolute Gasteiger partial charge is 0.338 e. The molecule has 0 radical (unpaired) electrons. The minimum atomic E-state index is -0.388. The number of benzene rings is 2. The molecule has 6 heteroatoms. The number of anilines is 1. The van der Waals surface area contributed by atoms with Gasteiger partial charge >= 0.3 is 5.97 Å². The van der Waals surface area contributed by atoms with Gasteiger partial charge in [0, 0.05) is 35.9 Å². The summed E-state index contributed by atoms with van der Waals surface area (Å²) >= 11 is 6.10. The molecular formula is C18H18ClNO4. The molecule has 0 N–H and O–H groups in total. The lowest BCUT2D eigenvalue weighted by atomic mass is 10.1. The van der Waals surface area contributed by atoms with Gasteiger partial charge in [0.15, 0.2) is 6.79 Å². The van der Waals surface area contributed by atoms with Crippen LogP contribution in [0.3, 0.4) is 0 Å². The molecule has 0 saturated carbocycles. The van der Waals surface area contributed by atoms with E-state index < -0.39 is 0 Å². The van der Waals surface area contributed by atoms with Crippen LogP contribution in [-0.2, 0) is 22.7 Å². The average molecular weight is 348 g/mol. The lowest BCUT2D eigenvalue weighted by Gasteiger charge is -2.21. The van der Waals surface area contributed by atoms with Crippen molar-refractivity contribution in [3.63, 3.8) is 0 Å². The molecule has 1 aliphatic rings. The number of carbonyl (C=O) groups is 1. The number of halogens is 1. The number of ether oxygens (including phenoxy) is 3. The summed E-state index contributed by atoms with van der Waals surface area (Å²) in [5.41, 5.74) is 3.11. The van der Waals surface area contributed by atoms with Crippen LogP contribution >= 0.6 is 11.6 Å². The van der Waals surface area contributed by atoms with E-state index in [1.807, 2.05) is 31.1 Å². The van der Waals surface area contributed by atoms with E-state index in [4.69, 9.17) is 25.8 Å². The van der Waals surface area contributed by atoms with Crippen LogP contribution in [0, 0.1) is 0 Å². The third-order valence-corrected chi connectivity index (χ3v) is 3.95. The number of fused-ring (bicyclic) bond motifs is 1. The van der Waals surface area contributed by atoms with Crippen LogP contribution < -0.4 is 9.64 Å². The van der Waals surface area contributed by atoms with Gasteiger partial charge in [-0.05, 0) is 36.4 Å². The second-order valence-electron chi connectivity index (χ2n) is 5.68. The molecule has 126 valence electrons. The standard InChI is InChI=1S/C18H18ClNO4/c1-20(2)16-5-3-12(4-6-16)18(21)23-10-14-8-15(19)7-13-9-22-11-24-17(13)14/h3-8H,9-11H2,1-2H3. The van der Waals surface area contributed by atoms with Gasteiger partial charge in [-0.25, -0.2) is 4.79 Å². The molecule has 0 fully saturated rings. The summed E-state index contributed by atoms with van der Waals surface area (Å²) in [4.78, 5) is 14.2. The van der Waals surface area contributed by atoms with Gasteiger partial charge in [0.1, 0.15) is 12.4 Å². The highest BCUT2D eigenvalue weighted by Gasteiger charge is 2.18. The first-order valence-electron chi connectivity index (χ1n) is 7.51. The molecule has 2 aromatic carbocycles. The van der Waals surface area contributed by atoms with Crippen molar-refractivity contribution < 1.29 is 19.0 Å². The summed E-state index contributed by atoms with van der Waals surface area (Å²) < 4.78 is 16.2. The van der Waals surface area contributed by atoms with E-state index in [2.05, 4.69) is 0 Å². The zero-order valence-electron chi connectivity index (χ0n) is 13.5. The monoisotopic (exact) mass is 347 g/mol. The van der Waals surface area contributed by atoms with E-state index in [-0.39, 0.29) is 19.4 Å². The van der Waals surface area contributed by atoms with Gasteiger partial charge in [-0.1, -0.05) is 11.6 Å². The van der Waals surface area contributed by atoms with Crippen LogP contribution in [0.4, 0.5) is 5.69 Å². The van der Waals surface area contributed by atoms with Crippen molar-refractivity contribution in [2.45, 2.75) is 13.2 Å². The largest absolute Gasteiger partial charge is 0.467 e. The Labute approximate surface area is 145 Å². The molecule has 2 aromatic rings. The van der Waals surface area contributed by atoms with Crippen molar-refractivity contribution in [2.24, 2.45) is 0 Å². The first-order chi connectivity index (χ1) is 11.5. The first kappa shape index (κ1) is 16.6. The van der Waals surface area contributed by atoms with Crippen molar-refractivity contribution in [3.05, 3.63) is 58.1 Å². The summed E-state index contributed by atoms with van der Waals surface area (Å²) in [6, 6.07) is 10.8. The molecule has 3 rings (SSSR count). The molecule has 0 aliphatic carbocycles. The quantitative estimate of drug-likeness (QED) is 0.790. The number of nitrogens with zero attached hydrogens (tertiary/aromatic N) is 1. The molecule has 24 heavy (non-hydrogen) atoms. The molecule has 0 unspecified atom stereocenters. The molecule has 0 amide bonds. The van der Waals surface area contributed by atoms with Gasteiger partial charge in [0.2, 0.25) is 0 Å². The molecule has 0 aromatic heterocycles. The van der Waals surface area contributed by atoms with Crippen molar-refractivity contribution >= 4 is 23.3 Å². The summed E-state index contributed by atoms with van der Waals surface area (Å²) in [5, 5.41) is 0.559. The fraction of sp³-hybridized carbons (Fsp3) is 0.278. The third kappa shape index (κ3) is 3.63. The number of hydrogen-bond donors (Lipinski definition) is 0. The normalized spacial score (nSPS) is 13.0. The maximum absolute atomic E-state index is 12.2. The Morgan fingerprint density at radius 1 is 1.25 bits per heavy atom. The predicted molar refractivity (Wildman–Crippen MR) is 91.6 cm³/mol. The maximum Gasteiger partial charge on any atom is 0.338 e. The number of carbonyl (C=O) groups excluding carboxylic acids is 1. The van der Waals surface area contributed by atoms with Gasteiger partial charge in [-0.2, -0.15) is 0 Å². The van der Waals surface area contributed by atoms with E-state index in [9.17, 15) is 4.79 Å². The van der Waals surface area contributed by atoms with Crippen LogP contribution in [0.5, 0.6) is 5.75 Å². The molecule has 0 bridgehead atoms. The lowest BCUT2D eigenvalue weighted by molar-refractivity contribution is -0.0180. The van der Waals surface area contributed by atoms with Gasteiger partial charge in [-0.3, -0.25) is 0 Å². The zero-order chi connectivity index (χ0) is 17.1. The molecule has 0 spiro atoms. The lowest BCUT2D eigenvalue weighted by Crippen LogP contribution is -2.14. The Hall–Kier alpha value is -2.24. The maximum atomic E-state index is 12.2. The Morgan fingerprint density at radius 3 is 2.71 bits per heavy atom. The number of esters is 1. The van der Waals surface area contributed by atoms with Gasteiger partial charge in [0.05, 0.1) is 12.2 Å². The van der Waals surface area contributed by atoms with Crippen LogP contribution in [-0.4, -0.2) is 26.9 Å². The SMILES string of the molecule is CN(C)c1ccc(C(=O)OCc2cc(Cl)cc3c2OCOC3)cc1. The fourth-order valence-corrected chi connectivity index (χ4v) is 2.75. The second-order valence-corrected chi connectivity index (χ2v) is 6.12. The molecule has 1 heterocycles. The third-order valence-electron chi connectivity index (χ3n) is 3.73. The highest BCUT2D eigenvalue weighted by Crippen LogP contribution is 2.32. The van der Waals surface area contributed by atoms with Gasteiger partial charge < -0.3 is 19.1 Å².